The number of benzene rings is 2. The Hall–Kier alpha value is -2.84. The van der Waals surface area contributed by atoms with E-state index >= 15 is 0 Å². The molecule has 2 aliphatic rings. The minimum atomic E-state index is -0.275. The minimum Gasteiger partial charge on any atom is -0.508 e. The maximum absolute atomic E-state index is 9.85. The van der Waals surface area contributed by atoms with Crippen LogP contribution in [-0.4, -0.2) is 52.1 Å². The van der Waals surface area contributed by atoms with E-state index in [1.807, 2.05) is 12.1 Å². The van der Waals surface area contributed by atoms with Crippen molar-refractivity contribution < 1.29 is 14.9 Å². The summed E-state index contributed by atoms with van der Waals surface area (Å²) in [5.41, 5.74) is 5.56. The summed E-state index contributed by atoms with van der Waals surface area (Å²) in [4.78, 5) is 2.09. The van der Waals surface area contributed by atoms with E-state index in [1.165, 1.54) is 0 Å². The average molecular weight is 398 g/mol. The molecule has 2 aliphatic heterocycles. The van der Waals surface area contributed by atoms with Crippen molar-refractivity contribution in [2.24, 2.45) is 5.10 Å². The number of aromatic hydroxyl groups is 2. The van der Waals surface area contributed by atoms with Crippen molar-refractivity contribution in [3.8, 4) is 17.2 Å². The van der Waals surface area contributed by atoms with E-state index in [0.29, 0.717) is 17.3 Å². The van der Waals surface area contributed by atoms with E-state index in [0.717, 1.165) is 43.0 Å². The van der Waals surface area contributed by atoms with Crippen LogP contribution in [0, 0.1) is 0 Å². The molecule has 1 atom stereocenters. The molecule has 0 saturated carbocycles. The van der Waals surface area contributed by atoms with Gasteiger partial charge in [0, 0.05) is 44.2 Å². The molecule has 28 heavy (non-hydrogen) atoms. The normalized spacial score (nSPS) is 20.4. The lowest BCUT2D eigenvalue weighted by atomic mass is 9.95. The highest BCUT2D eigenvalue weighted by Gasteiger charge is 2.27. The SMILES string of the molecule is Oc1ccc(C2C/C(=N\NC(=S)N3CCNCC3)c3ccc(O)cc3O2)cc1. The Balaban J connectivity index is 1.59. The first kappa shape index (κ1) is 18.5. The highest BCUT2D eigenvalue weighted by atomic mass is 32.1. The topological polar surface area (TPSA) is 89.4 Å². The predicted molar refractivity (Wildman–Crippen MR) is 111 cm³/mol. The molecule has 4 N–H and O–H groups in total. The van der Waals surface area contributed by atoms with Gasteiger partial charge in [0.1, 0.15) is 23.4 Å². The van der Waals surface area contributed by atoms with Crippen molar-refractivity contribution in [2.75, 3.05) is 26.2 Å². The fourth-order valence-corrected chi connectivity index (χ4v) is 3.59. The van der Waals surface area contributed by atoms with Gasteiger partial charge in [-0.3, -0.25) is 5.43 Å². The Kier molecular flexibility index (Phi) is 5.31. The standard InChI is InChI=1S/C20H22N4O3S/c25-14-3-1-13(2-4-14)18-12-17(16-6-5-15(26)11-19(16)27-18)22-23-20(28)24-9-7-21-8-10-24/h1-6,11,18,21,25-26H,7-10,12H2,(H,23,28)/b22-17+. The molecule has 0 spiro atoms. The zero-order chi connectivity index (χ0) is 19.5. The molecule has 0 aliphatic carbocycles. The van der Waals surface area contributed by atoms with Crippen LogP contribution >= 0.6 is 12.2 Å². The fraction of sp³-hybridized carbons (Fsp3) is 0.300. The van der Waals surface area contributed by atoms with Crippen LogP contribution in [0.4, 0.5) is 0 Å². The number of thiocarbonyl (C=S) groups is 1. The fourth-order valence-electron chi connectivity index (χ4n) is 3.36. The van der Waals surface area contributed by atoms with Crippen molar-refractivity contribution >= 4 is 23.0 Å². The monoisotopic (exact) mass is 398 g/mol. The van der Waals surface area contributed by atoms with E-state index in [4.69, 9.17) is 17.0 Å². The van der Waals surface area contributed by atoms with E-state index in [2.05, 4.69) is 20.7 Å². The number of phenols is 2. The summed E-state index contributed by atoms with van der Waals surface area (Å²) >= 11 is 5.48. The molecule has 1 unspecified atom stereocenters. The van der Waals surface area contributed by atoms with Crippen LogP contribution in [0.1, 0.15) is 23.7 Å². The highest BCUT2D eigenvalue weighted by molar-refractivity contribution is 7.80. The van der Waals surface area contributed by atoms with E-state index < -0.39 is 0 Å². The van der Waals surface area contributed by atoms with E-state index in [1.54, 1.807) is 30.3 Å². The first-order valence-electron chi connectivity index (χ1n) is 9.21. The van der Waals surface area contributed by atoms with Gasteiger partial charge < -0.3 is 25.2 Å². The van der Waals surface area contributed by atoms with E-state index in [-0.39, 0.29) is 17.6 Å². The zero-order valence-corrected chi connectivity index (χ0v) is 16.1. The number of nitrogens with one attached hydrogen (secondary N) is 2. The van der Waals surface area contributed by atoms with Gasteiger partial charge in [-0.25, -0.2) is 0 Å². The summed E-state index contributed by atoms with van der Waals surface area (Å²) in [6, 6.07) is 11.9. The molecule has 1 fully saturated rings. The maximum atomic E-state index is 9.85. The number of hydrazone groups is 1. The lowest BCUT2D eigenvalue weighted by Crippen LogP contribution is -2.49. The number of hydrogen-bond donors (Lipinski definition) is 4. The molecule has 7 nitrogen and oxygen atoms in total. The molecular formula is C20H22N4O3S. The Morgan fingerprint density at radius 3 is 2.57 bits per heavy atom. The Bertz CT molecular complexity index is 895. The second-order valence-electron chi connectivity index (χ2n) is 6.80. The number of phenolic OH excluding ortho intramolecular Hbond substituents is 2. The molecule has 4 rings (SSSR count). The van der Waals surface area contributed by atoms with Crippen LogP contribution in [0.2, 0.25) is 0 Å². The van der Waals surface area contributed by atoms with Crippen molar-refractivity contribution in [3.63, 3.8) is 0 Å². The molecule has 146 valence electrons. The Morgan fingerprint density at radius 1 is 1.11 bits per heavy atom. The van der Waals surface area contributed by atoms with Crippen LogP contribution in [0.15, 0.2) is 47.6 Å². The average Bonchev–Trinajstić information content (AvgIpc) is 2.72. The second kappa shape index (κ2) is 8.04. The first-order chi connectivity index (χ1) is 13.6. The molecule has 0 radical (unpaired) electrons. The molecule has 0 amide bonds. The number of ether oxygens (including phenoxy) is 1. The minimum absolute atomic E-state index is 0.133. The number of rotatable bonds is 2. The summed E-state index contributed by atoms with van der Waals surface area (Å²) < 4.78 is 6.09. The molecule has 8 heteroatoms. The van der Waals surface area contributed by atoms with Crippen LogP contribution in [-0.2, 0) is 0 Å². The number of hydrogen-bond acceptors (Lipinski definition) is 6. The van der Waals surface area contributed by atoms with Crippen molar-refractivity contribution in [2.45, 2.75) is 12.5 Å². The van der Waals surface area contributed by atoms with Crippen LogP contribution in [0.3, 0.4) is 0 Å². The third-order valence-electron chi connectivity index (χ3n) is 4.88. The second-order valence-corrected chi connectivity index (χ2v) is 7.18. The zero-order valence-electron chi connectivity index (χ0n) is 15.3. The molecule has 1 saturated heterocycles. The van der Waals surface area contributed by atoms with Gasteiger partial charge in [0.25, 0.3) is 0 Å². The highest BCUT2D eigenvalue weighted by Crippen LogP contribution is 2.37. The van der Waals surface area contributed by atoms with Gasteiger partial charge in [0.15, 0.2) is 5.11 Å². The smallest absolute Gasteiger partial charge is 0.189 e. The summed E-state index contributed by atoms with van der Waals surface area (Å²) in [7, 11) is 0. The summed E-state index contributed by atoms with van der Waals surface area (Å²) in [6.45, 7) is 3.50. The summed E-state index contributed by atoms with van der Waals surface area (Å²) in [5.74, 6) is 0.904. The summed E-state index contributed by atoms with van der Waals surface area (Å²) in [6.07, 6.45) is 0.267. The van der Waals surface area contributed by atoms with Crippen molar-refractivity contribution in [1.29, 1.82) is 0 Å². The Labute approximate surface area is 168 Å². The largest absolute Gasteiger partial charge is 0.508 e. The van der Waals surface area contributed by atoms with Crippen LogP contribution in [0.5, 0.6) is 17.2 Å². The lowest BCUT2D eigenvalue weighted by Gasteiger charge is -2.30. The van der Waals surface area contributed by atoms with Gasteiger partial charge in [-0.1, -0.05) is 12.1 Å². The van der Waals surface area contributed by atoms with Gasteiger partial charge in [0.05, 0.1) is 5.71 Å². The van der Waals surface area contributed by atoms with Crippen molar-refractivity contribution in [3.05, 3.63) is 53.6 Å². The first-order valence-corrected chi connectivity index (χ1v) is 9.62. The lowest BCUT2D eigenvalue weighted by molar-refractivity contribution is 0.205. The third-order valence-corrected chi connectivity index (χ3v) is 5.23. The van der Waals surface area contributed by atoms with Crippen LogP contribution in [0.25, 0.3) is 0 Å². The molecule has 2 heterocycles. The van der Waals surface area contributed by atoms with Gasteiger partial charge in [0.2, 0.25) is 0 Å². The Morgan fingerprint density at radius 2 is 1.82 bits per heavy atom. The predicted octanol–water partition coefficient (Wildman–Crippen LogP) is 2.11. The van der Waals surface area contributed by atoms with E-state index in [9.17, 15) is 10.2 Å². The molecule has 2 aromatic rings. The number of piperazine rings is 1. The van der Waals surface area contributed by atoms with Gasteiger partial charge in [-0.15, -0.1) is 0 Å². The molecule has 2 aromatic carbocycles. The summed E-state index contributed by atoms with van der Waals surface area (Å²) in [5, 5.41) is 27.9. The number of nitrogens with zero attached hydrogens (tertiary/aromatic N) is 2. The van der Waals surface area contributed by atoms with Gasteiger partial charge >= 0.3 is 0 Å². The maximum Gasteiger partial charge on any atom is 0.189 e. The van der Waals surface area contributed by atoms with Crippen LogP contribution < -0.4 is 15.5 Å². The molecule has 0 bridgehead atoms. The molecular weight excluding hydrogens is 376 g/mol. The van der Waals surface area contributed by atoms with Gasteiger partial charge in [-0.2, -0.15) is 5.10 Å². The van der Waals surface area contributed by atoms with Crippen molar-refractivity contribution in [1.82, 2.24) is 15.6 Å². The third kappa shape index (κ3) is 4.02. The molecule has 0 aromatic heterocycles. The van der Waals surface area contributed by atoms with Gasteiger partial charge in [-0.05, 0) is 42.0 Å². The number of fused-ring (bicyclic) bond motifs is 1. The quantitative estimate of drug-likeness (QED) is 0.455.